The van der Waals surface area contributed by atoms with Crippen LogP contribution in [-0.4, -0.2) is 10.0 Å². The second kappa shape index (κ2) is 5.56. The maximum absolute atomic E-state index is 13.2. The predicted octanol–water partition coefficient (Wildman–Crippen LogP) is 3.36. The number of anilines is 1. The monoisotopic (exact) mass is 276 g/mol. The third-order valence-electron chi connectivity index (χ3n) is 2.95. The van der Waals surface area contributed by atoms with Crippen molar-refractivity contribution in [2.45, 2.75) is 13.5 Å². The Morgan fingerprint density at radius 3 is 2.80 bits per heavy atom. The van der Waals surface area contributed by atoms with Crippen LogP contribution in [0.3, 0.4) is 0 Å². The highest BCUT2D eigenvalue weighted by molar-refractivity contribution is 5.53. The molecule has 0 unspecified atom stereocenters. The summed E-state index contributed by atoms with van der Waals surface area (Å²) in [5, 5.41) is 23.4. The fraction of sp³-hybridized carbons (Fsp3) is 0.143. The van der Waals surface area contributed by atoms with Gasteiger partial charge >= 0.3 is 5.69 Å². The fourth-order valence-electron chi connectivity index (χ4n) is 1.82. The van der Waals surface area contributed by atoms with Gasteiger partial charge in [-0.2, -0.15) is 4.39 Å². The van der Waals surface area contributed by atoms with Gasteiger partial charge in [0.05, 0.1) is 4.92 Å². The predicted molar refractivity (Wildman–Crippen MR) is 73.2 cm³/mol. The van der Waals surface area contributed by atoms with Gasteiger partial charge in [-0.3, -0.25) is 10.1 Å². The number of nitrogens with zero attached hydrogens (tertiary/aromatic N) is 1. The van der Waals surface area contributed by atoms with Gasteiger partial charge < -0.3 is 10.4 Å². The van der Waals surface area contributed by atoms with Crippen molar-refractivity contribution in [1.29, 1.82) is 0 Å². The average molecular weight is 276 g/mol. The summed E-state index contributed by atoms with van der Waals surface area (Å²) in [4.78, 5) is 9.87. The zero-order valence-electron chi connectivity index (χ0n) is 10.8. The van der Waals surface area contributed by atoms with Crippen molar-refractivity contribution in [2.24, 2.45) is 0 Å². The van der Waals surface area contributed by atoms with Crippen LogP contribution in [0.4, 0.5) is 15.8 Å². The summed E-state index contributed by atoms with van der Waals surface area (Å²) in [5.74, 6) is -0.699. The first-order valence-electron chi connectivity index (χ1n) is 5.94. The minimum atomic E-state index is -0.876. The van der Waals surface area contributed by atoms with Crippen LogP contribution >= 0.6 is 0 Å². The molecule has 0 bridgehead atoms. The van der Waals surface area contributed by atoms with Crippen LogP contribution in [0.5, 0.6) is 5.75 Å². The van der Waals surface area contributed by atoms with E-state index in [1.165, 1.54) is 6.07 Å². The van der Waals surface area contributed by atoms with Gasteiger partial charge in [-0.05, 0) is 24.6 Å². The number of para-hydroxylation sites is 1. The van der Waals surface area contributed by atoms with Gasteiger partial charge in [-0.25, -0.2) is 0 Å². The van der Waals surface area contributed by atoms with E-state index in [1.54, 1.807) is 25.1 Å². The first-order valence-corrected chi connectivity index (χ1v) is 5.94. The van der Waals surface area contributed by atoms with Crippen molar-refractivity contribution < 1.29 is 14.4 Å². The molecule has 0 atom stereocenters. The van der Waals surface area contributed by atoms with Crippen LogP contribution in [0.15, 0.2) is 36.4 Å². The lowest BCUT2D eigenvalue weighted by Crippen LogP contribution is -2.01. The molecule has 0 radical (unpaired) electrons. The van der Waals surface area contributed by atoms with Crippen molar-refractivity contribution in [1.82, 2.24) is 0 Å². The molecule has 2 aromatic rings. The second-order valence-electron chi connectivity index (χ2n) is 4.36. The molecule has 5 nitrogen and oxygen atoms in total. The number of phenols is 1. The number of rotatable bonds is 4. The average Bonchev–Trinajstić information content (AvgIpc) is 2.41. The zero-order chi connectivity index (χ0) is 14.7. The Balaban J connectivity index is 2.17. The van der Waals surface area contributed by atoms with Crippen molar-refractivity contribution in [3.05, 3.63) is 63.5 Å². The number of nitro groups is 1. The lowest BCUT2D eigenvalue weighted by molar-refractivity contribution is -0.387. The highest BCUT2D eigenvalue weighted by Crippen LogP contribution is 2.25. The Bertz CT molecular complexity index is 659. The fourth-order valence-corrected chi connectivity index (χ4v) is 1.82. The van der Waals surface area contributed by atoms with Gasteiger partial charge in [0, 0.05) is 23.9 Å². The number of aromatic hydroxyl groups is 1. The lowest BCUT2D eigenvalue weighted by atomic mass is 10.1. The van der Waals surface area contributed by atoms with E-state index < -0.39 is 16.4 Å². The summed E-state index contributed by atoms with van der Waals surface area (Å²) < 4.78 is 13.2. The molecule has 2 rings (SSSR count). The van der Waals surface area contributed by atoms with Crippen LogP contribution in [0.1, 0.15) is 11.1 Å². The zero-order valence-corrected chi connectivity index (χ0v) is 10.8. The molecule has 0 spiro atoms. The van der Waals surface area contributed by atoms with Crippen molar-refractivity contribution in [3.63, 3.8) is 0 Å². The largest absolute Gasteiger partial charge is 0.507 e. The van der Waals surface area contributed by atoms with Crippen LogP contribution in [0.2, 0.25) is 0 Å². The molecule has 0 aliphatic rings. The molecule has 2 N–H and O–H groups in total. The summed E-state index contributed by atoms with van der Waals surface area (Å²) in [6.45, 7) is 2.07. The van der Waals surface area contributed by atoms with E-state index in [1.807, 2.05) is 0 Å². The molecule has 20 heavy (non-hydrogen) atoms. The molecule has 0 saturated heterocycles. The number of nitro benzene ring substituents is 1. The minimum absolute atomic E-state index is 0.177. The summed E-state index contributed by atoms with van der Waals surface area (Å²) in [5.41, 5.74) is 1.24. The van der Waals surface area contributed by atoms with Crippen LogP contribution in [0, 0.1) is 22.9 Å². The van der Waals surface area contributed by atoms with Gasteiger partial charge in [0.1, 0.15) is 5.75 Å². The summed E-state index contributed by atoms with van der Waals surface area (Å²) in [6.07, 6.45) is 0. The Morgan fingerprint density at radius 1 is 1.35 bits per heavy atom. The molecule has 0 saturated carbocycles. The van der Waals surface area contributed by atoms with Gasteiger partial charge in [-0.15, -0.1) is 0 Å². The summed E-state index contributed by atoms with van der Waals surface area (Å²) in [6, 6.07) is 8.90. The molecule has 0 fully saturated rings. The van der Waals surface area contributed by atoms with Gasteiger partial charge in [0.25, 0.3) is 0 Å². The maximum Gasteiger partial charge on any atom is 0.306 e. The molecule has 0 aliphatic heterocycles. The van der Waals surface area contributed by atoms with E-state index in [-0.39, 0.29) is 12.3 Å². The summed E-state index contributed by atoms with van der Waals surface area (Å²) >= 11 is 0. The molecule has 6 heteroatoms. The van der Waals surface area contributed by atoms with Crippen LogP contribution < -0.4 is 5.32 Å². The van der Waals surface area contributed by atoms with Crippen molar-refractivity contribution in [2.75, 3.05) is 5.32 Å². The van der Waals surface area contributed by atoms with Gasteiger partial charge in [0.15, 0.2) is 0 Å². The number of hydrogen-bond donors (Lipinski definition) is 2. The standard InChI is InChI=1S/C14H13FN2O3/c1-9-3-2-4-10(14(9)18)8-16-11-5-6-12(15)13(7-11)17(19)20/h2-7,16,18H,8H2,1H3. The van der Waals surface area contributed by atoms with E-state index in [0.717, 1.165) is 17.7 Å². The van der Waals surface area contributed by atoms with E-state index in [9.17, 15) is 19.6 Å². The maximum atomic E-state index is 13.2. The number of phenolic OH excluding ortho intramolecular Hbond substituents is 1. The van der Waals surface area contributed by atoms with E-state index in [4.69, 9.17) is 0 Å². The molecule has 104 valence electrons. The summed E-state index contributed by atoms with van der Waals surface area (Å²) in [7, 11) is 0. The van der Waals surface area contributed by atoms with Crippen LogP contribution in [-0.2, 0) is 6.54 Å². The van der Waals surface area contributed by atoms with Crippen molar-refractivity contribution >= 4 is 11.4 Å². The molecule has 0 heterocycles. The van der Waals surface area contributed by atoms with E-state index in [0.29, 0.717) is 11.3 Å². The van der Waals surface area contributed by atoms with Gasteiger partial charge in [0.2, 0.25) is 5.82 Å². The lowest BCUT2D eigenvalue weighted by Gasteiger charge is -2.09. The third kappa shape index (κ3) is 2.85. The van der Waals surface area contributed by atoms with Crippen molar-refractivity contribution in [3.8, 4) is 5.75 Å². The Labute approximate surface area is 114 Å². The Morgan fingerprint density at radius 2 is 2.10 bits per heavy atom. The van der Waals surface area contributed by atoms with E-state index >= 15 is 0 Å². The molecule has 2 aromatic carbocycles. The topological polar surface area (TPSA) is 75.4 Å². The molecule has 0 aromatic heterocycles. The highest BCUT2D eigenvalue weighted by Gasteiger charge is 2.14. The molecule has 0 amide bonds. The quantitative estimate of drug-likeness (QED) is 0.663. The number of nitrogens with one attached hydrogen (secondary N) is 1. The molecular weight excluding hydrogens is 263 g/mol. The first kappa shape index (κ1) is 13.8. The van der Waals surface area contributed by atoms with Crippen LogP contribution in [0.25, 0.3) is 0 Å². The minimum Gasteiger partial charge on any atom is -0.507 e. The Hall–Kier alpha value is -2.63. The third-order valence-corrected chi connectivity index (χ3v) is 2.95. The number of benzene rings is 2. The number of halogens is 1. The number of aryl methyl sites for hydroxylation is 1. The molecular formula is C14H13FN2O3. The molecule has 0 aliphatic carbocycles. The second-order valence-corrected chi connectivity index (χ2v) is 4.36. The van der Waals surface area contributed by atoms with Gasteiger partial charge in [-0.1, -0.05) is 18.2 Å². The SMILES string of the molecule is Cc1cccc(CNc2ccc(F)c([N+](=O)[O-])c2)c1O. The smallest absolute Gasteiger partial charge is 0.306 e. The number of hydrogen-bond acceptors (Lipinski definition) is 4. The Kier molecular flexibility index (Phi) is 3.84. The normalized spacial score (nSPS) is 10.3. The first-order chi connectivity index (χ1) is 9.49. The highest BCUT2D eigenvalue weighted by atomic mass is 19.1. The van der Waals surface area contributed by atoms with E-state index in [2.05, 4.69) is 5.32 Å².